The molecule has 1 aliphatic carbocycles. The van der Waals surface area contributed by atoms with Gasteiger partial charge in [-0.1, -0.05) is 24.3 Å². The van der Waals surface area contributed by atoms with E-state index in [1.165, 1.54) is 36.4 Å². The number of halogens is 5. The van der Waals surface area contributed by atoms with Gasteiger partial charge in [-0.3, -0.25) is 14.2 Å². The van der Waals surface area contributed by atoms with E-state index in [1.807, 2.05) is 0 Å². The molecule has 0 spiro atoms. The van der Waals surface area contributed by atoms with Crippen molar-refractivity contribution < 1.29 is 31.5 Å². The van der Waals surface area contributed by atoms with Gasteiger partial charge >= 0.3 is 6.18 Å². The fourth-order valence-electron chi connectivity index (χ4n) is 3.84. The highest BCUT2D eigenvalue weighted by molar-refractivity contribution is 5.95. The number of amides is 2. The number of hydrogen-bond acceptors (Lipinski definition) is 3. The summed E-state index contributed by atoms with van der Waals surface area (Å²) in [4.78, 5) is 28.1. The standard InChI is InChI=1S/C23H17F5N4O2/c1-13(33)31-22(32-18-8-3-2-7-17(18)30-21(32)23(26,27)28)11-9-14(10-12-22)29-20(34)15-5-4-6-16(24)19(15)25/h2-11H,12H2,1H3,(H,29,34)(H,31,33). The molecule has 11 heteroatoms. The van der Waals surface area contributed by atoms with Crippen LogP contribution in [0, 0.1) is 11.6 Å². The van der Waals surface area contributed by atoms with Crippen LogP contribution in [0.4, 0.5) is 22.0 Å². The van der Waals surface area contributed by atoms with Crippen LogP contribution in [0.25, 0.3) is 11.0 Å². The maximum absolute atomic E-state index is 13.9. The third kappa shape index (κ3) is 4.16. The van der Waals surface area contributed by atoms with E-state index in [1.54, 1.807) is 12.1 Å². The van der Waals surface area contributed by atoms with Crippen molar-refractivity contribution in [3.05, 3.63) is 89.4 Å². The Balaban J connectivity index is 1.73. The maximum atomic E-state index is 13.9. The van der Waals surface area contributed by atoms with Crippen LogP contribution in [0.15, 0.2) is 66.4 Å². The molecule has 6 nitrogen and oxygen atoms in total. The summed E-state index contributed by atoms with van der Waals surface area (Å²) in [6.45, 7) is 1.16. The van der Waals surface area contributed by atoms with E-state index in [2.05, 4.69) is 15.6 Å². The zero-order valence-electron chi connectivity index (χ0n) is 17.6. The molecule has 1 heterocycles. The van der Waals surface area contributed by atoms with Crippen molar-refractivity contribution in [3.63, 3.8) is 0 Å². The number of imidazole rings is 1. The van der Waals surface area contributed by atoms with Gasteiger partial charge in [0.05, 0.1) is 16.6 Å². The number of carbonyl (C=O) groups is 2. The highest BCUT2D eigenvalue weighted by atomic mass is 19.4. The first-order valence-electron chi connectivity index (χ1n) is 10.0. The van der Waals surface area contributed by atoms with Crippen molar-refractivity contribution in [3.8, 4) is 0 Å². The van der Waals surface area contributed by atoms with E-state index in [-0.39, 0.29) is 23.2 Å². The Morgan fingerprint density at radius 1 is 1.09 bits per heavy atom. The summed E-state index contributed by atoms with van der Waals surface area (Å²) in [5, 5.41) is 4.95. The maximum Gasteiger partial charge on any atom is 0.449 e. The summed E-state index contributed by atoms with van der Waals surface area (Å²) in [5.41, 5.74) is -1.88. The highest BCUT2D eigenvalue weighted by Gasteiger charge is 2.44. The molecule has 4 rings (SSSR count). The van der Waals surface area contributed by atoms with Crippen LogP contribution in [-0.2, 0) is 16.6 Å². The molecule has 2 N–H and O–H groups in total. The lowest BCUT2D eigenvalue weighted by Crippen LogP contribution is -2.50. The van der Waals surface area contributed by atoms with Gasteiger partial charge in [0.15, 0.2) is 11.6 Å². The molecule has 3 aromatic rings. The number of carbonyl (C=O) groups excluding carboxylic acids is 2. The molecule has 2 amide bonds. The number of hydrogen-bond donors (Lipinski definition) is 2. The Kier molecular flexibility index (Phi) is 5.72. The first kappa shape index (κ1) is 23.1. The Bertz CT molecular complexity index is 1360. The zero-order chi connectivity index (χ0) is 24.7. The lowest BCUT2D eigenvalue weighted by molar-refractivity contribution is -0.149. The van der Waals surface area contributed by atoms with E-state index < -0.39 is 46.7 Å². The minimum atomic E-state index is -4.83. The minimum Gasteiger partial charge on any atom is -0.330 e. The fourth-order valence-corrected chi connectivity index (χ4v) is 3.84. The summed E-state index contributed by atoms with van der Waals surface area (Å²) in [6, 6.07) is 9.08. The summed E-state index contributed by atoms with van der Waals surface area (Å²) in [7, 11) is 0. The second-order valence-electron chi connectivity index (χ2n) is 7.62. The Labute approximate surface area is 189 Å². The molecule has 0 fully saturated rings. The van der Waals surface area contributed by atoms with Crippen molar-refractivity contribution in [1.29, 1.82) is 0 Å². The SMILES string of the molecule is CC(=O)NC1(n2c(C(F)(F)F)nc3ccccc32)C=CC(NC(=O)c2cccc(F)c2F)=CC1. The topological polar surface area (TPSA) is 76.0 Å². The van der Waals surface area contributed by atoms with Crippen molar-refractivity contribution in [2.45, 2.75) is 25.2 Å². The molecule has 0 aliphatic heterocycles. The number of benzene rings is 2. The van der Waals surface area contributed by atoms with Gasteiger partial charge < -0.3 is 10.6 Å². The molecular weight excluding hydrogens is 459 g/mol. The summed E-state index contributed by atoms with van der Waals surface area (Å²) >= 11 is 0. The van der Waals surface area contributed by atoms with Crippen molar-refractivity contribution in [1.82, 2.24) is 20.2 Å². The fraction of sp³-hybridized carbons (Fsp3) is 0.174. The molecule has 34 heavy (non-hydrogen) atoms. The molecule has 1 unspecified atom stereocenters. The van der Waals surface area contributed by atoms with Gasteiger partial charge in [-0.15, -0.1) is 0 Å². The molecular formula is C23H17F5N4O2. The summed E-state index contributed by atoms with van der Waals surface area (Å²) in [5.74, 6) is -5.28. The molecule has 0 saturated carbocycles. The van der Waals surface area contributed by atoms with Crippen molar-refractivity contribution in [2.75, 3.05) is 0 Å². The predicted octanol–water partition coefficient (Wildman–Crippen LogP) is 4.40. The van der Waals surface area contributed by atoms with E-state index in [4.69, 9.17) is 0 Å². The number of aromatic nitrogens is 2. The quantitative estimate of drug-likeness (QED) is 0.549. The van der Waals surface area contributed by atoms with E-state index >= 15 is 0 Å². The normalized spacial score (nSPS) is 18.0. The smallest absolute Gasteiger partial charge is 0.330 e. The molecule has 176 valence electrons. The number of rotatable bonds is 4. The molecule has 1 aromatic heterocycles. The van der Waals surface area contributed by atoms with E-state index in [0.29, 0.717) is 0 Å². The summed E-state index contributed by atoms with van der Waals surface area (Å²) in [6.07, 6.45) is -1.09. The first-order chi connectivity index (χ1) is 16.0. The first-order valence-corrected chi connectivity index (χ1v) is 10.0. The van der Waals surface area contributed by atoms with Gasteiger partial charge in [0.1, 0.15) is 5.66 Å². The van der Waals surface area contributed by atoms with Crippen molar-refractivity contribution >= 4 is 22.8 Å². The average Bonchev–Trinajstić information content (AvgIpc) is 3.18. The number of allylic oxidation sites excluding steroid dienone is 1. The molecule has 0 saturated heterocycles. The number of para-hydroxylation sites is 2. The number of alkyl halides is 3. The van der Waals surface area contributed by atoms with Gasteiger partial charge in [-0.05, 0) is 36.4 Å². The van der Waals surface area contributed by atoms with Crippen LogP contribution in [-0.4, -0.2) is 21.4 Å². The number of nitrogens with one attached hydrogen (secondary N) is 2. The van der Waals surface area contributed by atoms with Crippen LogP contribution in [0.2, 0.25) is 0 Å². The van der Waals surface area contributed by atoms with Gasteiger partial charge in [0, 0.05) is 19.0 Å². The third-order valence-electron chi connectivity index (χ3n) is 5.23. The highest BCUT2D eigenvalue weighted by Crippen LogP contribution is 2.38. The van der Waals surface area contributed by atoms with Crippen LogP contribution in [0.1, 0.15) is 29.5 Å². The minimum absolute atomic E-state index is 0.0811. The number of nitrogens with zero attached hydrogens (tertiary/aromatic N) is 2. The van der Waals surface area contributed by atoms with Crippen LogP contribution < -0.4 is 10.6 Å². The predicted molar refractivity (Wildman–Crippen MR) is 112 cm³/mol. The summed E-state index contributed by atoms with van der Waals surface area (Å²) < 4.78 is 69.9. The average molecular weight is 476 g/mol. The van der Waals surface area contributed by atoms with Gasteiger partial charge in [0.2, 0.25) is 11.7 Å². The lowest BCUT2D eigenvalue weighted by atomic mass is 9.97. The Morgan fingerprint density at radius 3 is 2.47 bits per heavy atom. The van der Waals surface area contributed by atoms with E-state index in [9.17, 15) is 31.5 Å². The Hall–Kier alpha value is -4.02. The van der Waals surface area contributed by atoms with Crippen LogP contribution in [0.5, 0.6) is 0 Å². The number of fused-ring (bicyclic) bond motifs is 1. The van der Waals surface area contributed by atoms with Crippen LogP contribution in [0.3, 0.4) is 0 Å². The Morgan fingerprint density at radius 2 is 1.82 bits per heavy atom. The lowest BCUT2D eigenvalue weighted by Gasteiger charge is -2.36. The molecule has 0 bridgehead atoms. The monoisotopic (exact) mass is 476 g/mol. The molecule has 1 aliphatic rings. The molecule has 2 aromatic carbocycles. The zero-order valence-corrected chi connectivity index (χ0v) is 17.6. The van der Waals surface area contributed by atoms with Gasteiger partial charge in [-0.2, -0.15) is 13.2 Å². The van der Waals surface area contributed by atoms with Crippen molar-refractivity contribution in [2.24, 2.45) is 0 Å². The van der Waals surface area contributed by atoms with E-state index in [0.717, 1.165) is 23.6 Å². The molecule has 1 atom stereocenters. The second kappa shape index (κ2) is 8.40. The third-order valence-corrected chi connectivity index (χ3v) is 5.23. The largest absolute Gasteiger partial charge is 0.449 e. The van der Waals surface area contributed by atoms with Crippen LogP contribution >= 0.6 is 0 Å². The van der Waals surface area contributed by atoms with Gasteiger partial charge in [0.25, 0.3) is 5.91 Å². The second-order valence-corrected chi connectivity index (χ2v) is 7.62. The van der Waals surface area contributed by atoms with Gasteiger partial charge in [-0.25, -0.2) is 13.8 Å². The molecule has 0 radical (unpaired) electrons.